The van der Waals surface area contributed by atoms with Crippen molar-refractivity contribution in [1.29, 1.82) is 0 Å². The Balaban J connectivity index is 1.69. The lowest BCUT2D eigenvalue weighted by Gasteiger charge is -2.15. The van der Waals surface area contributed by atoms with Gasteiger partial charge < -0.3 is 24.8 Å². The molecule has 2 N–H and O–H groups in total. The number of amides is 1. The fourth-order valence-electron chi connectivity index (χ4n) is 3.05. The summed E-state index contributed by atoms with van der Waals surface area (Å²) in [6.45, 7) is 3.24. The van der Waals surface area contributed by atoms with Crippen molar-refractivity contribution in [2.24, 2.45) is 0 Å². The molecule has 0 radical (unpaired) electrons. The molecule has 1 aromatic carbocycles. The van der Waals surface area contributed by atoms with Crippen LogP contribution in [0.5, 0.6) is 5.75 Å². The highest BCUT2D eigenvalue weighted by molar-refractivity contribution is 6.08. The van der Waals surface area contributed by atoms with Crippen LogP contribution in [0.1, 0.15) is 12.6 Å². The number of nitrogens with zero attached hydrogens (tertiary/aromatic N) is 3. The molecule has 0 spiro atoms. The second kappa shape index (κ2) is 9.24. The normalized spacial score (nSPS) is 13.8. The summed E-state index contributed by atoms with van der Waals surface area (Å²) in [5.74, 6) is -0.261. The van der Waals surface area contributed by atoms with Gasteiger partial charge in [0.15, 0.2) is 0 Å². The molecule has 0 unspecified atom stereocenters. The molecule has 0 saturated heterocycles. The molecular weight excluding hydrogens is 376 g/mol. The first-order valence-corrected chi connectivity index (χ1v) is 9.29. The zero-order chi connectivity index (χ0) is 20.8. The van der Waals surface area contributed by atoms with Crippen molar-refractivity contribution < 1.29 is 24.2 Å². The van der Waals surface area contributed by atoms with Gasteiger partial charge in [0, 0.05) is 25.0 Å². The zero-order valence-electron chi connectivity index (χ0n) is 16.4. The second-order valence-electron chi connectivity index (χ2n) is 6.37. The van der Waals surface area contributed by atoms with E-state index in [0.29, 0.717) is 18.0 Å². The summed E-state index contributed by atoms with van der Waals surface area (Å²) in [5, 5.41) is 16.3. The average molecular weight is 400 g/mol. The number of nitrogens with one attached hydrogen (secondary N) is 1. The van der Waals surface area contributed by atoms with E-state index in [2.05, 4.69) is 10.4 Å². The third kappa shape index (κ3) is 4.57. The van der Waals surface area contributed by atoms with E-state index in [1.165, 1.54) is 12.0 Å². The third-order valence-electron chi connectivity index (χ3n) is 4.57. The van der Waals surface area contributed by atoms with Crippen LogP contribution in [0.3, 0.4) is 0 Å². The summed E-state index contributed by atoms with van der Waals surface area (Å²) in [6.07, 6.45) is 1.74. The predicted octanol–water partition coefficient (Wildman–Crippen LogP) is 1.16. The van der Waals surface area contributed by atoms with Crippen LogP contribution in [0, 0.1) is 0 Å². The second-order valence-corrected chi connectivity index (χ2v) is 6.37. The molecule has 9 nitrogen and oxygen atoms in total. The minimum Gasteiger partial charge on any atom is -0.487 e. The molecule has 154 valence electrons. The number of aryl methyl sites for hydroxylation is 1. The Morgan fingerprint density at radius 3 is 2.69 bits per heavy atom. The maximum atomic E-state index is 12.5. The van der Waals surface area contributed by atoms with Crippen LogP contribution in [0.25, 0.3) is 0 Å². The first-order chi connectivity index (χ1) is 14.1. The average Bonchev–Trinajstić information content (AvgIpc) is 3.32. The van der Waals surface area contributed by atoms with Gasteiger partial charge in [0.2, 0.25) is 0 Å². The molecule has 1 amide bonds. The smallest absolute Gasteiger partial charge is 0.337 e. The van der Waals surface area contributed by atoms with Crippen LogP contribution in [-0.4, -0.2) is 58.5 Å². The maximum Gasteiger partial charge on any atom is 0.337 e. The van der Waals surface area contributed by atoms with Crippen molar-refractivity contribution in [3.05, 3.63) is 53.5 Å². The van der Waals surface area contributed by atoms with E-state index in [4.69, 9.17) is 14.6 Å². The number of esters is 1. The van der Waals surface area contributed by atoms with Gasteiger partial charge in [-0.05, 0) is 37.3 Å². The minimum atomic E-state index is -0.575. The molecule has 1 aliphatic heterocycles. The van der Waals surface area contributed by atoms with Crippen molar-refractivity contribution in [1.82, 2.24) is 14.7 Å². The van der Waals surface area contributed by atoms with Gasteiger partial charge in [-0.15, -0.1) is 0 Å². The van der Waals surface area contributed by atoms with Gasteiger partial charge in [0.05, 0.1) is 31.5 Å². The van der Waals surface area contributed by atoms with E-state index in [-0.39, 0.29) is 36.9 Å². The van der Waals surface area contributed by atoms with Gasteiger partial charge in [-0.1, -0.05) is 0 Å². The summed E-state index contributed by atoms with van der Waals surface area (Å²) in [7, 11) is 1.27. The Bertz CT molecular complexity index is 904. The number of ether oxygens (including phenoxy) is 2. The molecule has 0 bridgehead atoms. The van der Waals surface area contributed by atoms with Gasteiger partial charge in [0.25, 0.3) is 5.91 Å². The van der Waals surface area contributed by atoms with Gasteiger partial charge in [-0.25, -0.2) is 4.79 Å². The van der Waals surface area contributed by atoms with E-state index in [9.17, 15) is 9.59 Å². The fourth-order valence-corrected chi connectivity index (χ4v) is 3.05. The SMILES string of the molecule is CCn1nccc1COc1ccc(NC2=C(C(=O)OC)CN(CCO)C2=O)cc1. The van der Waals surface area contributed by atoms with E-state index in [1.807, 2.05) is 17.7 Å². The molecular formula is C20H24N4O5. The van der Waals surface area contributed by atoms with E-state index >= 15 is 0 Å². The zero-order valence-corrected chi connectivity index (χ0v) is 16.4. The maximum absolute atomic E-state index is 12.5. The highest BCUT2D eigenvalue weighted by Gasteiger charge is 2.34. The van der Waals surface area contributed by atoms with Crippen molar-refractivity contribution in [2.45, 2.75) is 20.1 Å². The molecule has 3 rings (SSSR count). The van der Waals surface area contributed by atoms with Gasteiger partial charge in [0.1, 0.15) is 18.1 Å². The number of rotatable bonds is 9. The lowest BCUT2D eigenvalue weighted by Crippen LogP contribution is -2.31. The number of carbonyl (C=O) groups excluding carboxylic acids is 2. The predicted molar refractivity (Wildman–Crippen MR) is 105 cm³/mol. The largest absolute Gasteiger partial charge is 0.487 e. The Labute approximate surface area is 168 Å². The molecule has 0 saturated carbocycles. The number of β-amino-alcohol motifs (C(OH)–C–C–N with tert-alkyl or cyclic N) is 1. The first-order valence-electron chi connectivity index (χ1n) is 9.29. The number of anilines is 1. The van der Waals surface area contributed by atoms with E-state index in [1.54, 1.807) is 30.5 Å². The molecule has 9 heteroatoms. The fraction of sp³-hybridized carbons (Fsp3) is 0.350. The van der Waals surface area contributed by atoms with Crippen LogP contribution in [-0.2, 0) is 27.5 Å². The van der Waals surface area contributed by atoms with Crippen LogP contribution in [0.15, 0.2) is 47.8 Å². The lowest BCUT2D eigenvalue weighted by molar-refractivity contribution is -0.136. The topological polar surface area (TPSA) is 106 Å². The first kappa shape index (κ1) is 20.4. The number of methoxy groups -OCH3 is 1. The number of hydrogen-bond acceptors (Lipinski definition) is 7. The number of carbonyl (C=O) groups is 2. The minimum absolute atomic E-state index is 0.0979. The molecule has 2 heterocycles. The molecule has 0 atom stereocenters. The van der Waals surface area contributed by atoms with Crippen LogP contribution < -0.4 is 10.1 Å². The van der Waals surface area contributed by atoms with E-state index < -0.39 is 5.97 Å². The van der Waals surface area contributed by atoms with Gasteiger partial charge in [-0.3, -0.25) is 9.48 Å². The van der Waals surface area contributed by atoms with Crippen LogP contribution in [0.2, 0.25) is 0 Å². The van der Waals surface area contributed by atoms with Crippen LogP contribution in [0.4, 0.5) is 5.69 Å². The van der Waals surface area contributed by atoms with Gasteiger partial charge in [-0.2, -0.15) is 5.10 Å². The summed E-state index contributed by atoms with van der Waals surface area (Å²) in [5.41, 5.74) is 2.00. The molecule has 0 aliphatic carbocycles. The summed E-state index contributed by atoms with van der Waals surface area (Å²) in [4.78, 5) is 26.0. The highest BCUT2D eigenvalue weighted by Crippen LogP contribution is 2.24. The van der Waals surface area contributed by atoms with Crippen molar-refractivity contribution in [3.8, 4) is 5.75 Å². The Morgan fingerprint density at radius 1 is 1.28 bits per heavy atom. The van der Waals surface area contributed by atoms with Crippen molar-refractivity contribution in [2.75, 3.05) is 32.1 Å². The molecule has 2 aromatic rings. The standard InChI is InChI=1S/C20H24N4O5/c1-3-24-15(8-9-21-24)13-29-16-6-4-14(5-7-16)22-18-17(20(27)28-2)12-23(10-11-25)19(18)26/h4-9,22,25H,3,10-13H2,1-2H3. The molecule has 0 fully saturated rings. The number of benzene rings is 1. The Morgan fingerprint density at radius 2 is 2.03 bits per heavy atom. The third-order valence-corrected chi connectivity index (χ3v) is 4.57. The van der Waals surface area contributed by atoms with Crippen molar-refractivity contribution >= 4 is 17.6 Å². The Kier molecular flexibility index (Phi) is 6.50. The number of aromatic nitrogens is 2. The number of hydrogen-bond donors (Lipinski definition) is 2. The summed E-state index contributed by atoms with van der Waals surface area (Å²) >= 11 is 0. The van der Waals surface area contributed by atoms with Crippen molar-refractivity contribution in [3.63, 3.8) is 0 Å². The summed E-state index contributed by atoms with van der Waals surface area (Å²) in [6, 6.07) is 8.98. The lowest BCUT2D eigenvalue weighted by atomic mass is 10.2. The molecule has 1 aliphatic rings. The van der Waals surface area contributed by atoms with Gasteiger partial charge >= 0.3 is 5.97 Å². The Hall–Kier alpha value is -3.33. The summed E-state index contributed by atoms with van der Waals surface area (Å²) < 4.78 is 12.4. The highest BCUT2D eigenvalue weighted by atomic mass is 16.5. The number of aliphatic hydroxyl groups excluding tert-OH is 1. The quantitative estimate of drug-likeness (QED) is 0.609. The monoisotopic (exact) mass is 400 g/mol. The van der Waals surface area contributed by atoms with E-state index in [0.717, 1.165) is 12.2 Å². The number of aliphatic hydroxyl groups is 1. The van der Waals surface area contributed by atoms with Crippen LogP contribution >= 0.6 is 0 Å². The molecule has 1 aromatic heterocycles. The molecule has 29 heavy (non-hydrogen) atoms.